The molecule has 1 N–H and O–H groups in total. The van der Waals surface area contributed by atoms with Crippen molar-refractivity contribution in [2.24, 2.45) is 0 Å². The van der Waals surface area contributed by atoms with Crippen molar-refractivity contribution in [3.8, 4) is 11.8 Å². The Morgan fingerprint density at radius 1 is 1.18 bits per heavy atom. The Balaban J connectivity index is 2.17. The number of carbonyl (C=O) groups excluding carboxylic acids is 1. The Bertz CT molecular complexity index is 418. The molecule has 6 nitrogen and oxygen atoms in total. The molecule has 0 aromatic carbocycles. The minimum Gasteiger partial charge on any atom is -0.355 e. The summed E-state index contributed by atoms with van der Waals surface area (Å²) >= 11 is 0. The second-order valence-corrected chi connectivity index (χ2v) is 3.45. The van der Waals surface area contributed by atoms with Crippen LogP contribution in [0.15, 0.2) is 0 Å². The summed E-state index contributed by atoms with van der Waals surface area (Å²) in [7, 11) is 0. The number of aromatic nitrogens is 4. The van der Waals surface area contributed by atoms with Gasteiger partial charge in [0.05, 0.1) is 0 Å². The Labute approximate surface area is 100 Å². The molecule has 0 saturated carbocycles. The van der Waals surface area contributed by atoms with Crippen molar-refractivity contribution in [2.75, 3.05) is 6.54 Å². The summed E-state index contributed by atoms with van der Waals surface area (Å²) in [6.07, 6.45) is 1.98. The quantitative estimate of drug-likeness (QED) is 0.586. The number of hydrogen-bond acceptors (Lipinski definition) is 5. The van der Waals surface area contributed by atoms with E-state index >= 15 is 0 Å². The highest BCUT2D eigenvalue weighted by Crippen LogP contribution is 1.91. The number of amides is 1. The molecule has 1 aromatic heterocycles. The van der Waals surface area contributed by atoms with E-state index in [1.54, 1.807) is 6.92 Å². The van der Waals surface area contributed by atoms with Gasteiger partial charge in [0, 0.05) is 32.7 Å². The van der Waals surface area contributed by atoms with Crippen molar-refractivity contribution in [2.45, 2.75) is 33.1 Å². The summed E-state index contributed by atoms with van der Waals surface area (Å²) in [5, 5.41) is 18.1. The summed E-state index contributed by atoms with van der Waals surface area (Å²) in [6.45, 7) is 3.82. The second kappa shape index (κ2) is 7.28. The van der Waals surface area contributed by atoms with Crippen LogP contribution in [0.4, 0.5) is 0 Å². The lowest BCUT2D eigenvalue weighted by atomic mass is 10.3. The van der Waals surface area contributed by atoms with Gasteiger partial charge in [-0.1, -0.05) is 0 Å². The molecule has 6 heteroatoms. The van der Waals surface area contributed by atoms with E-state index < -0.39 is 0 Å². The first-order valence-electron chi connectivity index (χ1n) is 5.41. The third kappa shape index (κ3) is 6.20. The maximum absolute atomic E-state index is 10.6. The van der Waals surface area contributed by atoms with E-state index in [2.05, 4.69) is 37.6 Å². The van der Waals surface area contributed by atoms with Crippen molar-refractivity contribution in [1.29, 1.82) is 0 Å². The molecule has 0 aliphatic heterocycles. The average molecular weight is 233 g/mol. The SMILES string of the molecule is CC(=O)NCCC#CCCc1nnc(C)nn1. The van der Waals surface area contributed by atoms with E-state index in [1.807, 2.05) is 0 Å². The maximum Gasteiger partial charge on any atom is 0.216 e. The smallest absolute Gasteiger partial charge is 0.216 e. The van der Waals surface area contributed by atoms with Gasteiger partial charge in [-0.15, -0.1) is 32.2 Å². The standard InChI is InChI=1S/C11H15N5O/c1-9-13-15-11(16-14-9)7-5-3-4-6-8-12-10(2)17/h5-8H2,1-2H3,(H,12,17). The molecule has 0 saturated heterocycles. The Morgan fingerprint density at radius 3 is 2.47 bits per heavy atom. The number of rotatable bonds is 4. The van der Waals surface area contributed by atoms with Crippen molar-refractivity contribution >= 4 is 5.91 Å². The fourth-order valence-corrected chi connectivity index (χ4v) is 1.05. The summed E-state index contributed by atoms with van der Waals surface area (Å²) in [4.78, 5) is 10.6. The number of nitrogens with zero attached hydrogens (tertiary/aromatic N) is 4. The lowest BCUT2D eigenvalue weighted by Gasteiger charge is -1.95. The fourth-order valence-electron chi connectivity index (χ4n) is 1.05. The lowest BCUT2D eigenvalue weighted by Crippen LogP contribution is -2.20. The maximum atomic E-state index is 10.6. The van der Waals surface area contributed by atoms with E-state index in [9.17, 15) is 4.79 Å². The molecule has 0 aliphatic rings. The molecule has 0 bridgehead atoms. The summed E-state index contributed by atoms with van der Waals surface area (Å²) < 4.78 is 0. The Kier molecular flexibility index (Phi) is 5.58. The Hall–Kier alpha value is -2.03. The third-order valence-electron chi connectivity index (χ3n) is 1.84. The van der Waals surface area contributed by atoms with E-state index in [4.69, 9.17) is 0 Å². The molecule has 17 heavy (non-hydrogen) atoms. The highest BCUT2D eigenvalue weighted by atomic mass is 16.1. The lowest BCUT2D eigenvalue weighted by molar-refractivity contribution is -0.118. The molecule has 0 unspecified atom stereocenters. The van der Waals surface area contributed by atoms with Crippen LogP contribution in [0, 0.1) is 18.8 Å². The van der Waals surface area contributed by atoms with E-state index in [0.717, 1.165) is 0 Å². The zero-order valence-electron chi connectivity index (χ0n) is 10.0. The molecule has 1 amide bonds. The highest BCUT2D eigenvalue weighted by Gasteiger charge is 1.96. The topological polar surface area (TPSA) is 80.7 Å². The van der Waals surface area contributed by atoms with Crippen LogP contribution in [0.1, 0.15) is 31.4 Å². The second-order valence-electron chi connectivity index (χ2n) is 3.45. The van der Waals surface area contributed by atoms with Gasteiger partial charge in [-0.05, 0) is 6.92 Å². The van der Waals surface area contributed by atoms with Crippen LogP contribution in [-0.4, -0.2) is 32.8 Å². The average Bonchev–Trinajstić information content (AvgIpc) is 2.30. The van der Waals surface area contributed by atoms with Gasteiger partial charge < -0.3 is 5.32 Å². The van der Waals surface area contributed by atoms with Crippen molar-refractivity contribution in [3.63, 3.8) is 0 Å². The van der Waals surface area contributed by atoms with Gasteiger partial charge >= 0.3 is 0 Å². The normalized spacial score (nSPS) is 9.29. The van der Waals surface area contributed by atoms with Crippen LogP contribution in [0.3, 0.4) is 0 Å². The first-order valence-corrected chi connectivity index (χ1v) is 5.41. The van der Waals surface area contributed by atoms with Crippen LogP contribution in [-0.2, 0) is 11.2 Å². The van der Waals surface area contributed by atoms with E-state index in [-0.39, 0.29) is 5.91 Å². The van der Waals surface area contributed by atoms with Gasteiger partial charge in [-0.25, -0.2) is 0 Å². The molecule has 0 aliphatic carbocycles. The number of hydrogen-bond donors (Lipinski definition) is 1. The van der Waals surface area contributed by atoms with Gasteiger partial charge in [0.25, 0.3) is 0 Å². The van der Waals surface area contributed by atoms with Crippen molar-refractivity contribution in [1.82, 2.24) is 25.7 Å². The molecular formula is C11H15N5O. The van der Waals surface area contributed by atoms with Crippen molar-refractivity contribution in [3.05, 3.63) is 11.6 Å². The molecule has 1 aromatic rings. The number of carbonyl (C=O) groups is 1. The van der Waals surface area contributed by atoms with Gasteiger partial charge in [-0.2, -0.15) is 0 Å². The first-order chi connectivity index (χ1) is 8.18. The molecule has 0 radical (unpaired) electrons. The largest absolute Gasteiger partial charge is 0.355 e. The first kappa shape index (κ1) is 13.0. The summed E-state index contributed by atoms with van der Waals surface area (Å²) in [5.41, 5.74) is 0. The van der Waals surface area contributed by atoms with E-state index in [0.29, 0.717) is 37.5 Å². The molecule has 90 valence electrons. The monoisotopic (exact) mass is 233 g/mol. The van der Waals surface area contributed by atoms with Gasteiger partial charge in [0.15, 0.2) is 11.6 Å². The third-order valence-corrected chi connectivity index (χ3v) is 1.84. The van der Waals surface area contributed by atoms with Gasteiger partial charge in [-0.3, -0.25) is 4.79 Å². The van der Waals surface area contributed by atoms with Crippen LogP contribution in [0.2, 0.25) is 0 Å². The van der Waals surface area contributed by atoms with Crippen LogP contribution in [0.5, 0.6) is 0 Å². The van der Waals surface area contributed by atoms with E-state index in [1.165, 1.54) is 6.92 Å². The minimum absolute atomic E-state index is 0.0306. The fraction of sp³-hybridized carbons (Fsp3) is 0.545. The summed E-state index contributed by atoms with van der Waals surface area (Å²) in [5.74, 6) is 7.08. The molecule has 1 rings (SSSR count). The van der Waals surface area contributed by atoms with Crippen LogP contribution >= 0.6 is 0 Å². The van der Waals surface area contributed by atoms with Gasteiger partial charge in [0.1, 0.15) is 0 Å². The summed E-state index contributed by atoms with van der Waals surface area (Å²) in [6, 6.07) is 0. The van der Waals surface area contributed by atoms with Crippen LogP contribution < -0.4 is 5.32 Å². The molecule has 0 atom stereocenters. The number of aryl methyl sites for hydroxylation is 2. The zero-order chi connectivity index (χ0) is 12.5. The predicted octanol–water partition coefficient (Wildman–Crippen LogP) is 0.0372. The molecular weight excluding hydrogens is 218 g/mol. The molecule has 1 heterocycles. The molecule has 0 fully saturated rings. The minimum atomic E-state index is -0.0306. The van der Waals surface area contributed by atoms with Crippen LogP contribution in [0.25, 0.3) is 0 Å². The highest BCUT2D eigenvalue weighted by molar-refractivity contribution is 5.72. The predicted molar refractivity (Wildman–Crippen MR) is 61.8 cm³/mol. The van der Waals surface area contributed by atoms with Crippen molar-refractivity contribution < 1.29 is 4.79 Å². The Morgan fingerprint density at radius 2 is 1.82 bits per heavy atom. The number of nitrogens with one attached hydrogen (secondary N) is 1. The molecule has 0 spiro atoms. The van der Waals surface area contributed by atoms with Gasteiger partial charge in [0.2, 0.25) is 5.91 Å². The zero-order valence-corrected chi connectivity index (χ0v) is 10.0.